The molecule has 1 aliphatic carbocycles. The molecule has 0 unspecified atom stereocenters. The van der Waals surface area contributed by atoms with Gasteiger partial charge in [0, 0.05) is 6.04 Å². The number of rotatable bonds is 1. The van der Waals surface area contributed by atoms with Crippen LogP contribution in [0.1, 0.15) is 44.9 Å². The second kappa shape index (κ2) is 5.84. The maximum Gasteiger partial charge on any atom is 0.407 e. The van der Waals surface area contributed by atoms with E-state index in [1.54, 1.807) is 0 Å². The number of amides is 1. The molecule has 0 saturated heterocycles. The van der Waals surface area contributed by atoms with E-state index in [0.29, 0.717) is 6.04 Å². The predicted molar refractivity (Wildman–Crippen MR) is 51.6 cm³/mol. The SMILES string of the molecule is COC(=O)NC1CCCCCCC1. The van der Waals surface area contributed by atoms with Crippen molar-refractivity contribution in [3.8, 4) is 0 Å². The molecular weight excluding hydrogens is 166 g/mol. The van der Waals surface area contributed by atoms with E-state index in [-0.39, 0.29) is 6.09 Å². The number of hydrogen-bond donors (Lipinski definition) is 1. The molecule has 0 spiro atoms. The van der Waals surface area contributed by atoms with Crippen molar-refractivity contribution in [1.82, 2.24) is 5.32 Å². The zero-order valence-corrected chi connectivity index (χ0v) is 8.34. The van der Waals surface area contributed by atoms with Gasteiger partial charge in [-0.2, -0.15) is 0 Å². The van der Waals surface area contributed by atoms with Gasteiger partial charge in [-0.25, -0.2) is 4.79 Å². The van der Waals surface area contributed by atoms with E-state index >= 15 is 0 Å². The fourth-order valence-electron chi connectivity index (χ4n) is 1.83. The van der Waals surface area contributed by atoms with E-state index in [0.717, 1.165) is 12.8 Å². The van der Waals surface area contributed by atoms with Crippen LogP contribution in [0.15, 0.2) is 0 Å². The van der Waals surface area contributed by atoms with Crippen LogP contribution in [0, 0.1) is 0 Å². The lowest BCUT2D eigenvalue weighted by Crippen LogP contribution is -2.35. The summed E-state index contributed by atoms with van der Waals surface area (Å²) in [6, 6.07) is 0.341. The van der Waals surface area contributed by atoms with E-state index < -0.39 is 0 Å². The van der Waals surface area contributed by atoms with Gasteiger partial charge in [0.05, 0.1) is 7.11 Å². The van der Waals surface area contributed by atoms with Gasteiger partial charge in [-0.05, 0) is 12.8 Å². The number of hydrogen-bond acceptors (Lipinski definition) is 2. The van der Waals surface area contributed by atoms with Crippen LogP contribution in [-0.4, -0.2) is 19.2 Å². The highest BCUT2D eigenvalue weighted by Gasteiger charge is 2.13. The van der Waals surface area contributed by atoms with Gasteiger partial charge in [-0.1, -0.05) is 32.1 Å². The number of alkyl carbamates (subject to hydrolysis) is 1. The molecule has 1 aliphatic rings. The van der Waals surface area contributed by atoms with Crippen molar-refractivity contribution in [3.05, 3.63) is 0 Å². The normalized spacial score (nSPS) is 20.1. The Hall–Kier alpha value is -0.730. The van der Waals surface area contributed by atoms with E-state index in [9.17, 15) is 4.79 Å². The molecule has 13 heavy (non-hydrogen) atoms. The highest BCUT2D eigenvalue weighted by molar-refractivity contribution is 5.67. The summed E-state index contributed by atoms with van der Waals surface area (Å²) in [4.78, 5) is 10.9. The molecule has 3 heteroatoms. The topological polar surface area (TPSA) is 38.3 Å². The Kier molecular flexibility index (Phi) is 4.65. The fourth-order valence-corrected chi connectivity index (χ4v) is 1.83. The van der Waals surface area contributed by atoms with E-state index in [4.69, 9.17) is 0 Å². The van der Waals surface area contributed by atoms with Crippen molar-refractivity contribution in [2.45, 2.75) is 51.0 Å². The Balaban J connectivity index is 2.25. The second-order valence-electron chi connectivity index (χ2n) is 3.68. The Morgan fingerprint density at radius 2 is 1.69 bits per heavy atom. The number of methoxy groups -OCH3 is 1. The molecule has 0 radical (unpaired) electrons. The van der Waals surface area contributed by atoms with Gasteiger partial charge in [0.1, 0.15) is 0 Å². The molecule has 0 heterocycles. The number of carbonyl (C=O) groups excluding carboxylic acids is 1. The smallest absolute Gasteiger partial charge is 0.407 e. The molecule has 0 aromatic rings. The van der Waals surface area contributed by atoms with Crippen LogP contribution in [0.4, 0.5) is 4.79 Å². The van der Waals surface area contributed by atoms with Gasteiger partial charge in [0.25, 0.3) is 0 Å². The van der Waals surface area contributed by atoms with Crippen molar-refractivity contribution in [3.63, 3.8) is 0 Å². The number of ether oxygens (including phenoxy) is 1. The standard InChI is InChI=1S/C10H19NO2/c1-13-10(12)11-9-7-5-3-2-4-6-8-9/h9H,2-8H2,1H3,(H,11,12). The molecule has 3 nitrogen and oxygen atoms in total. The molecule has 1 fully saturated rings. The summed E-state index contributed by atoms with van der Waals surface area (Å²) in [5.74, 6) is 0. The van der Waals surface area contributed by atoms with Crippen LogP contribution < -0.4 is 5.32 Å². The maximum atomic E-state index is 10.9. The largest absolute Gasteiger partial charge is 0.453 e. The monoisotopic (exact) mass is 185 g/mol. The molecule has 1 rings (SSSR count). The van der Waals surface area contributed by atoms with E-state index in [1.165, 1.54) is 39.2 Å². The Bertz CT molecular complexity index is 151. The van der Waals surface area contributed by atoms with Gasteiger partial charge < -0.3 is 10.1 Å². The average molecular weight is 185 g/mol. The minimum Gasteiger partial charge on any atom is -0.453 e. The van der Waals surface area contributed by atoms with Crippen LogP contribution in [0.2, 0.25) is 0 Å². The maximum absolute atomic E-state index is 10.9. The second-order valence-corrected chi connectivity index (χ2v) is 3.68. The molecule has 0 aliphatic heterocycles. The van der Waals surface area contributed by atoms with Gasteiger partial charge >= 0.3 is 6.09 Å². The third kappa shape index (κ3) is 4.15. The Morgan fingerprint density at radius 1 is 1.15 bits per heavy atom. The number of nitrogens with one attached hydrogen (secondary N) is 1. The van der Waals surface area contributed by atoms with Crippen molar-refractivity contribution < 1.29 is 9.53 Å². The molecule has 1 saturated carbocycles. The summed E-state index contributed by atoms with van der Waals surface area (Å²) in [5.41, 5.74) is 0. The summed E-state index contributed by atoms with van der Waals surface area (Å²) in [6.45, 7) is 0. The van der Waals surface area contributed by atoms with Gasteiger partial charge in [0.15, 0.2) is 0 Å². The molecule has 0 aromatic carbocycles. The fraction of sp³-hybridized carbons (Fsp3) is 0.900. The predicted octanol–water partition coefficient (Wildman–Crippen LogP) is 2.46. The summed E-state index contributed by atoms with van der Waals surface area (Å²) in [6.07, 6.45) is 8.35. The lowest BCUT2D eigenvalue weighted by Gasteiger charge is -2.19. The van der Waals surface area contributed by atoms with Crippen LogP contribution in [0.3, 0.4) is 0 Å². The molecular formula is C10H19NO2. The first-order valence-corrected chi connectivity index (χ1v) is 5.17. The third-order valence-corrected chi connectivity index (χ3v) is 2.61. The zero-order valence-electron chi connectivity index (χ0n) is 8.34. The zero-order chi connectivity index (χ0) is 9.52. The van der Waals surface area contributed by atoms with Crippen LogP contribution in [-0.2, 0) is 4.74 Å². The van der Waals surface area contributed by atoms with Gasteiger partial charge in [-0.15, -0.1) is 0 Å². The molecule has 0 atom stereocenters. The van der Waals surface area contributed by atoms with Crippen molar-refractivity contribution in [1.29, 1.82) is 0 Å². The summed E-state index contributed by atoms with van der Waals surface area (Å²) in [7, 11) is 1.41. The first-order chi connectivity index (χ1) is 6.33. The summed E-state index contributed by atoms with van der Waals surface area (Å²) >= 11 is 0. The minimum atomic E-state index is -0.287. The van der Waals surface area contributed by atoms with Crippen molar-refractivity contribution in [2.24, 2.45) is 0 Å². The highest BCUT2D eigenvalue weighted by Crippen LogP contribution is 2.16. The Labute approximate surface area is 79.8 Å². The lowest BCUT2D eigenvalue weighted by atomic mass is 9.97. The molecule has 1 amide bonds. The molecule has 1 N–H and O–H groups in total. The summed E-state index contributed by atoms with van der Waals surface area (Å²) < 4.78 is 4.57. The molecule has 76 valence electrons. The van der Waals surface area contributed by atoms with Gasteiger partial charge in [-0.3, -0.25) is 0 Å². The Morgan fingerprint density at radius 3 is 2.23 bits per heavy atom. The summed E-state index contributed by atoms with van der Waals surface area (Å²) in [5, 5.41) is 2.88. The average Bonchev–Trinajstić information content (AvgIpc) is 2.09. The third-order valence-electron chi connectivity index (χ3n) is 2.61. The first kappa shape index (κ1) is 10.4. The van der Waals surface area contributed by atoms with Crippen molar-refractivity contribution in [2.75, 3.05) is 7.11 Å². The first-order valence-electron chi connectivity index (χ1n) is 5.17. The lowest BCUT2D eigenvalue weighted by molar-refractivity contribution is 0.164. The van der Waals surface area contributed by atoms with Gasteiger partial charge in [0.2, 0.25) is 0 Å². The van der Waals surface area contributed by atoms with E-state index in [2.05, 4.69) is 10.1 Å². The minimum absolute atomic E-state index is 0.287. The van der Waals surface area contributed by atoms with Crippen LogP contribution in [0.25, 0.3) is 0 Å². The molecule has 0 aromatic heterocycles. The van der Waals surface area contributed by atoms with Crippen LogP contribution in [0.5, 0.6) is 0 Å². The quantitative estimate of drug-likeness (QED) is 0.681. The molecule has 0 bridgehead atoms. The van der Waals surface area contributed by atoms with Crippen LogP contribution >= 0.6 is 0 Å². The van der Waals surface area contributed by atoms with E-state index in [1.807, 2.05) is 0 Å². The number of carbonyl (C=O) groups is 1. The van der Waals surface area contributed by atoms with Crippen molar-refractivity contribution >= 4 is 6.09 Å². The highest BCUT2D eigenvalue weighted by atomic mass is 16.5.